The average molecular weight is 271 g/mol. The molecule has 0 atom stereocenters. The van der Waals surface area contributed by atoms with E-state index in [1.807, 2.05) is 0 Å². The Kier molecular flexibility index (Phi) is 6.18. The fourth-order valence-electron chi connectivity index (χ4n) is 1.69. The fraction of sp³-hybridized carbons (Fsp3) is 0.750. The zero-order valence-electron chi connectivity index (χ0n) is 11.2. The maximum atomic E-state index is 10.6. The molecule has 1 heterocycles. The summed E-state index contributed by atoms with van der Waals surface area (Å²) >= 11 is 1.24. The van der Waals surface area contributed by atoms with Crippen LogP contribution >= 0.6 is 11.8 Å². The number of carbonyl (C=O) groups is 1. The molecular weight excluding hydrogens is 250 g/mol. The van der Waals surface area contributed by atoms with Crippen LogP contribution < -0.4 is 0 Å². The van der Waals surface area contributed by atoms with Crippen molar-refractivity contribution < 1.29 is 9.90 Å². The highest BCUT2D eigenvalue weighted by Crippen LogP contribution is 2.22. The van der Waals surface area contributed by atoms with Crippen molar-refractivity contribution in [1.82, 2.24) is 14.8 Å². The molecule has 1 rings (SSSR count). The number of carboxylic acid groups (broad SMARTS) is 1. The van der Waals surface area contributed by atoms with E-state index >= 15 is 0 Å². The Labute approximate surface area is 112 Å². The summed E-state index contributed by atoms with van der Waals surface area (Å²) in [4.78, 5) is 10.6. The van der Waals surface area contributed by atoms with E-state index in [0.717, 1.165) is 30.4 Å². The minimum absolute atomic E-state index is 0.0318. The molecule has 0 aliphatic rings. The van der Waals surface area contributed by atoms with Gasteiger partial charge >= 0.3 is 5.97 Å². The van der Waals surface area contributed by atoms with Crippen LogP contribution in [0, 0.1) is 0 Å². The number of rotatable bonds is 8. The van der Waals surface area contributed by atoms with Crippen LogP contribution in [0.25, 0.3) is 0 Å². The number of aromatic nitrogens is 3. The summed E-state index contributed by atoms with van der Waals surface area (Å²) in [5.41, 5.74) is 0. The van der Waals surface area contributed by atoms with Crippen molar-refractivity contribution in [2.45, 2.75) is 57.7 Å². The van der Waals surface area contributed by atoms with Crippen LogP contribution in [0.4, 0.5) is 0 Å². The highest BCUT2D eigenvalue weighted by Gasteiger charge is 2.15. The van der Waals surface area contributed by atoms with E-state index in [4.69, 9.17) is 5.11 Å². The third-order valence-corrected chi connectivity index (χ3v) is 3.52. The van der Waals surface area contributed by atoms with E-state index in [-0.39, 0.29) is 5.75 Å². The molecule has 0 bridgehead atoms. The van der Waals surface area contributed by atoms with E-state index in [2.05, 4.69) is 35.5 Å². The van der Waals surface area contributed by atoms with E-state index in [1.165, 1.54) is 18.2 Å². The minimum Gasteiger partial charge on any atom is -0.481 e. The number of unbranched alkanes of at least 4 members (excludes halogenated alkanes) is 2. The number of hydrogen-bond donors (Lipinski definition) is 1. The molecule has 102 valence electrons. The lowest BCUT2D eigenvalue weighted by atomic mass is 10.2. The molecule has 0 aromatic carbocycles. The summed E-state index contributed by atoms with van der Waals surface area (Å²) in [7, 11) is 0. The number of nitrogens with zero attached hydrogens (tertiary/aromatic N) is 3. The molecule has 0 aliphatic heterocycles. The molecule has 0 saturated carbocycles. The molecule has 0 amide bonds. The summed E-state index contributed by atoms with van der Waals surface area (Å²) < 4.78 is 2.06. The van der Waals surface area contributed by atoms with Crippen LogP contribution in [0.3, 0.4) is 0 Å². The van der Waals surface area contributed by atoms with Crippen molar-refractivity contribution in [3.63, 3.8) is 0 Å². The molecule has 1 N–H and O–H groups in total. The SMILES string of the molecule is CCCCCn1c(SCC(=O)O)nnc1C(C)C. The topological polar surface area (TPSA) is 68.0 Å². The first-order valence-electron chi connectivity index (χ1n) is 6.34. The normalized spacial score (nSPS) is 11.1. The van der Waals surface area contributed by atoms with Crippen molar-refractivity contribution in [2.75, 3.05) is 5.75 Å². The second-order valence-corrected chi connectivity index (χ2v) is 5.48. The molecule has 18 heavy (non-hydrogen) atoms. The van der Waals surface area contributed by atoms with Gasteiger partial charge in [-0.15, -0.1) is 10.2 Å². The van der Waals surface area contributed by atoms with Gasteiger partial charge in [0.2, 0.25) is 0 Å². The van der Waals surface area contributed by atoms with Gasteiger partial charge in [-0.1, -0.05) is 45.4 Å². The molecule has 0 saturated heterocycles. The molecule has 1 aromatic heterocycles. The van der Waals surface area contributed by atoms with Crippen molar-refractivity contribution in [2.24, 2.45) is 0 Å². The highest BCUT2D eigenvalue weighted by atomic mass is 32.2. The first kappa shape index (κ1) is 15.0. The number of carboxylic acids is 1. The monoisotopic (exact) mass is 271 g/mol. The lowest BCUT2D eigenvalue weighted by Gasteiger charge is -2.11. The van der Waals surface area contributed by atoms with Gasteiger partial charge in [0.1, 0.15) is 5.82 Å². The maximum absolute atomic E-state index is 10.6. The second kappa shape index (κ2) is 7.41. The maximum Gasteiger partial charge on any atom is 0.313 e. The molecule has 0 unspecified atom stereocenters. The molecule has 0 aliphatic carbocycles. The smallest absolute Gasteiger partial charge is 0.313 e. The standard InChI is InChI=1S/C12H21N3O2S/c1-4-5-6-7-15-11(9(2)3)13-14-12(15)18-8-10(16)17/h9H,4-8H2,1-3H3,(H,16,17). The third kappa shape index (κ3) is 4.33. The Bertz CT molecular complexity index is 391. The van der Waals surface area contributed by atoms with Gasteiger partial charge in [-0.25, -0.2) is 0 Å². The van der Waals surface area contributed by atoms with Gasteiger partial charge in [-0.3, -0.25) is 4.79 Å². The second-order valence-electron chi connectivity index (χ2n) is 4.54. The molecule has 5 nitrogen and oxygen atoms in total. The summed E-state index contributed by atoms with van der Waals surface area (Å²) in [6.45, 7) is 7.18. The Hall–Kier alpha value is -1.04. The van der Waals surface area contributed by atoms with Gasteiger partial charge in [-0.05, 0) is 6.42 Å². The van der Waals surface area contributed by atoms with Crippen LogP contribution in [-0.2, 0) is 11.3 Å². The molecule has 0 fully saturated rings. The highest BCUT2D eigenvalue weighted by molar-refractivity contribution is 7.99. The van der Waals surface area contributed by atoms with E-state index in [9.17, 15) is 4.79 Å². The molecule has 1 aromatic rings. The molecule has 0 spiro atoms. The Morgan fingerprint density at radius 1 is 1.39 bits per heavy atom. The van der Waals surface area contributed by atoms with E-state index < -0.39 is 5.97 Å². The molecular formula is C12H21N3O2S. The first-order valence-corrected chi connectivity index (χ1v) is 7.32. The largest absolute Gasteiger partial charge is 0.481 e. The van der Waals surface area contributed by atoms with Crippen molar-refractivity contribution >= 4 is 17.7 Å². The number of thioether (sulfide) groups is 1. The Balaban J connectivity index is 2.78. The van der Waals surface area contributed by atoms with Gasteiger partial charge in [-0.2, -0.15) is 0 Å². The van der Waals surface area contributed by atoms with Gasteiger partial charge in [0.25, 0.3) is 0 Å². The van der Waals surface area contributed by atoms with Crippen LogP contribution in [0.5, 0.6) is 0 Å². The van der Waals surface area contributed by atoms with Crippen molar-refractivity contribution in [1.29, 1.82) is 0 Å². The first-order chi connectivity index (χ1) is 8.56. The van der Waals surface area contributed by atoms with E-state index in [1.54, 1.807) is 0 Å². The lowest BCUT2D eigenvalue weighted by Crippen LogP contribution is -2.08. The summed E-state index contributed by atoms with van der Waals surface area (Å²) in [5.74, 6) is 0.454. The van der Waals surface area contributed by atoms with Crippen molar-refractivity contribution in [3.8, 4) is 0 Å². The van der Waals surface area contributed by atoms with Crippen LogP contribution in [0.1, 0.15) is 51.8 Å². The molecule has 0 radical (unpaired) electrons. The van der Waals surface area contributed by atoms with E-state index in [0.29, 0.717) is 5.92 Å². The number of aliphatic carboxylic acids is 1. The van der Waals surface area contributed by atoms with Crippen LogP contribution in [0.15, 0.2) is 5.16 Å². The summed E-state index contributed by atoms with van der Waals surface area (Å²) in [5, 5.41) is 17.7. The third-order valence-electron chi connectivity index (χ3n) is 2.57. The summed E-state index contributed by atoms with van der Waals surface area (Å²) in [6, 6.07) is 0. The Morgan fingerprint density at radius 2 is 2.11 bits per heavy atom. The van der Waals surface area contributed by atoms with Crippen molar-refractivity contribution in [3.05, 3.63) is 5.82 Å². The lowest BCUT2D eigenvalue weighted by molar-refractivity contribution is -0.133. The quantitative estimate of drug-likeness (QED) is 0.581. The number of hydrogen-bond acceptors (Lipinski definition) is 4. The molecule has 6 heteroatoms. The predicted molar refractivity (Wildman–Crippen MR) is 72.0 cm³/mol. The Morgan fingerprint density at radius 3 is 2.67 bits per heavy atom. The predicted octanol–water partition coefficient (Wildman–Crippen LogP) is 2.77. The fourth-order valence-corrected chi connectivity index (χ4v) is 2.38. The summed E-state index contributed by atoms with van der Waals surface area (Å²) in [6.07, 6.45) is 3.41. The average Bonchev–Trinajstić information content (AvgIpc) is 2.70. The van der Waals surface area contributed by atoms with Gasteiger partial charge in [0.15, 0.2) is 5.16 Å². The zero-order chi connectivity index (χ0) is 13.5. The van der Waals surface area contributed by atoms with Gasteiger partial charge in [0, 0.05) is 12.5 Å². The van der Waals surface area contributed by atoms with Crippen LogP contribution in [0.2, 0.25) is 0 Å². The van der Waals surface area contributed by atoms with Gasteiger partial charge < -0.3 is 9.67 Å². The van der Waals surface area contributed by atoms with Gasteiger partial charge in [0.05, 0.1) is 5.75 Å². The zero-order valence-corrected chi connectivity index (χ0v) is 12.0. The minimum atomic E-state index is -0.825. The van der Waals surface area contributed by atoms with Crippen LogP contribution in [-0.4, -0.2) is 31.6 Å².